The van der Waals surface area contributed by atoms with E-state index in [-0.39, 0.29) is 17.8 Å². The van der Waals surface area contributed by atoms with E-state index in [0.29, 0.717) is 16.8 Å². The van der Waals surface area contributed by atoms with E-state index >= 15 is 0 Å². The van der Waals surface area contributed by atoms with Gasteiger partial charge in [-0.2, -0.15) is 0 Å². The molecule has 0 aliphatic carbocycles. The van der Waals surface area contributed by atoms with Gasteiger partial charge >= 0.3 is 0 Å². The number of carbonyl (C=O) groups is 1. The van der Waals surface area contributed by atoms with Crippen LogP contribution in [0.2, 0.25) is 0 Å². The number of aryl methyl sites for hydroxylation is 1. The molecule has 1 atom stereocenters. The van der Waals surface area contributed by atoms with Crippen LogP contribution in [-0.4, -0.2) is 31.4 Å². The Morgan fingerprint density at radius 3 is 2.74 bits per heavy atom. The van der Waals surface area contributed by atoms with Crippen LogP contribution in [0.5, 0.6) is 5.75 Å². The number of rotatable bonds is 8. The summed E-state index contributed by atoms with van der Waals surface area (Å²) in [7, 11) is 0. The molecule has 0 aliphatic heterocycles. The molecule has 4 rings (SSSR count). The zero-order chi connectivity index (χ0) is 21.8. The summed E-state index contributed by atoms with van der Waals surface area (Å²) in [5.41, 5.74) is 1.95. The van der Waals surface area contributed by atoms with Gasteiger partial charge in [-0.25, -0.2) is 4.98 Å². The average molecular weight is 454 g/mol. The molecule has 31 heavy (non-hydrogen) atoms. The molecule has 9 heteroatoms. The molecule has 0 radical (unpaired) electrons. The van der Waals surface area contributed by atoms with Gasteiger partial charge in [-0.1, -0.05) is 53.4 Å². The fourth-order valence-corrected chi connectivity index (χ4v) is 4.84. The first-order valence-electron chi connectivity index (χ1n) is 9.98. The Hall–Kier alpha value is -2.91. The minimum absolute atomic E-state index is 0.125. The van der Waals surface area contributed by atoms with Gasteiger partial charge in [0.25, 0.3) is 0 Å². The van der Waals surface area contributed by atoms with Crippen molar-refractivity contribution in [3.8, 4) is 5.75 Å². The maximum Gasteiger partial charge on any atom is 0.236 e. The summed E-state index contributed by atoms with van der Waals surface area (Å²) < 4.78 is 9.13. The van der Waals surface area contributed by atoms with E-state index in [1.807, 2.05) is 73.9 Å². The lowest BCUT2D eigenvalue weighted by Gasteiger charge is -2.16. The molecule has 0 bridgehead atoms. The van der Waals surface area contributed by atoms with Gasteiger partial charge in [0, 0.05) is 6.54 Å². The molecular formula is C22H23N5O2S2. The first kappa shape index (κ1) is 21.3. The molecule has 160 valence electrons. The van der Waals surface area contributed by atoms with E-state index in [4.69, 9.17) is 4.74 Å². The van der Waals surface area contributed by atoms with E-state index in [1.165, 1.54) is 23.1 Å². The van der Waals surface area contributed by atoms with E-state index in [1.54, 1.807) is 0 Å². The SMILES string of the molecule is CCn1c(SCC(=O)Nc2nc3ccccc3s2)nnc1C(C)Oc1ccccc1C. The van der Waals surface area contributed by atoms with Crippen molar-refractivity contribution in [3.63, 3.8) is 0 Å². The second-order valence-electron chi connectivity index (χ2n) is 6.93. The maximum absolute atomic E-state index is 12.4. The Kier molecular flexibility index (Phi) is 6.53. The number of para-hydroxylation sites is 2. The summed E-state index contributed by atoms with van der Waals surface area (Å²) >= 11 is 2.82. The normalized spacial score (nSPS) is 12.1. The van der Waals surface area contributed by atoms with Gasteiger partial charge in [0.2, 0.25) is 5.91 Å². The molecule has 1 N–H and O–H groups in total. The van der Waals surface area contributed by atoms with Crippen molar-refractivity contribution in [1.82, 2.24) is 19.7 Å². The molecule has 2 aromatic heterocycles. The van der Waals surface area contributed by atoms with Crippen molar-refractivity contribution in [2.24, 2.45) is 0 Å². The van der Waals surface area contributed by atoms with E-state index in [0.717, 1.165) is 27.4 Å². The molecule has 7 nitrogen and oxygen atoms in total. The second kappa shape index (κ2) is 9.49. The van der Waals surface area contributed by atoms with Gasteiger partial charge in [0.1, 0.15) is 5.75 Å². The molecule has 0 aliphatic rings. The molecule has 1 unspecified atom stereocenters. The van der Waals surface area contributed by atoms with Crippen LogP contribution in [0.1, 0.15) is 31.3 Å². The lowest BCUT2D eigenvalue weighted by atomic mass is 10.2. The zero-order valence-electron chi connectivity index (χ0n) is 17.5. The third-order valence-electron chi connectivity index (χ3n) is 4.70. The highest BCUT2D eigenvalue weighted by atomic mass is 32.2. The summed E-state index contributed by atoms with van der Waals surface area (Å²) in [5, 5.41) is 12.8. The number of nitrogens with one attached hydrogen (secondary N) is 1. The van der Waals surface area contributed by atoms with E-state index < -0.39 is 0 Å². The minimum Gasteiger partial charge on any atom is -0.482 e. The Morgan fingerprint density at radius 1 is 1.19 bits per heavy atom. The van der Waals surface area contributed by atoms with Gasteiger partial charge in [0.15, 0.2) is 22.2 Å². The predicted octanol–water partition coefficient (Wildman–Crippen LogP) is 5.09. The smallest absolute Gasteiger partial charge is 0.236 e. The van der Waals surface area contributed by atoms with Gasteiger partial charge in [0.05, 0.1) is 16.0 Å². The minimum atomic E-state index is -0.264. The van der Waals surface area contributed by atoms with Gasteiger partial charge in [-0.05, 0) is 44.5 Å². The summed E-state index contributed by atoms with van der Waals surface area (Å²) in [6, 6.07) is 15.7. The number of benzene rings is 2. The molecule has 1 amide bonds. The molecule has 0 saturated heterocycles. The van der Waals surface area contributed by atoms with Crippen LogP contribution in [0.15, 0.2) is 53.7 Å². The zero-order valence-corrected chi connectivity index (χ0v) is 19.2. The summed E-state index contributed by atoms with van der Waals surface area (Å²) in [6.07, 6.45) is -0.264. The molecule has 2 aromatic carbocycles. The van der Waals surface area contributed by atoms with Crippen LogP contribution < -0.4 is 10.1 Å². The summed E-state index contributed by atoms with van der Waals surface area (Å²) in [5.74, 6) is 1.66. The number of thiazole rings is 1. The number of amides is 1. The molecule has 2 heterocycles. The first-order valence-corrected chi connectivity index (χ1v) is 11.8. The number of ether oxygens (including phenoxy) is 1. The molecule has 0 spiro atoms. The Balaban J connectivity index is 1.40. The first-order chi connectivity index (χ1) is 15.0. The number of thioether (sulfide) groups is 1. The van der Waals surface area contributed by atoms with Gasteiger partial charge in [-0.3, -0.25) is 4.79 Å². The molecule has 0 saturated carbocycles. The van der Waals surface area contributed by atoms with Crippen LogP contribution in [-0.2, 0) is 11.3 Å². The number of hydrogen-bond acceptors (Lipinski definition) is 7. The van der Waals surface area contributed by atoms with Crippen molar-refractivity contribution in [3.05, 3.63) is 59.9 Å². The van der Waals surface area contributed by atoms with Crippen molar-refractivity contribution in [2.75, 3.05) is 11.1 Å². The van der Waals surface area contributed by atoms with Crippen molar-refractivity contribution in [1.29, 1.82) is 0 Å². The Bertz CT molecular complexity index is 1170. The highest BCUT2D eigenvalue weighted by Gasteiger charge is 2.20. The third-order valence-corrected chi connectivity index (χ3v) is 6.61. The maximum atomic E-state index is 12.4. The molecular weight excluding hydrogens is 430 g/mol. The fraction of sp³-hybridized carbons (Fsp3) is 0.273. The largest absolute Gasteiger partial charge is 0.482 e. The monoisotopic (exact) mass is 453 g/mol. The van der Waals surface area contributed by atoms with E-state index in [9.17, 15) is 4.79 Å². The topological polar surface area (TPSA) is 81.9 Å². The van der Waals surface area contributed by atoms with Crippen molar-refractivity contribution >= 4 is 44.4 Å². The van der Waals surface area contributed by atoms with Crippen molar-refractivity contribution in [2.45, 2.75) is 38.6 Å². The number of aromatic nitrogens is 4. The summed E-state index contributed by atoms with van der Waals surface area (Å²) in [6.45, 7) is 6.68. The molecule has 0 fully saturated rings. The highest BCUT2D eigenvalue weighted by molar-refractivity contribution is 7.99. The number of hydrogen-bond donors (Lipinski definition) is 1. The van der Waals surface area contributed by atoms with Crippen LogP contribution in [0.3, 0.4) is 0 Å². The quantitative estimate of drug-likeness (QED) is 0.374. The number of fused-ring (bicyclic) bond motifs is 1. The highest BCUT2D eigenvalue weighted by Crippen LogP contribution is 2.28. The lowest BCUT2D eigenvalue weighted by Crippen LogP contribution is -2.15. The summed E-state index contributed by atoms with van der Waals surface area (Å²) in [4.78, 5) is 16.9. The standard InChI is InChI=1S/C22H23N5O2S2/c1-4-27-20(15(3)29-17-11-7-5-9-14(17)2)25-26-22(27)30-13-19(28)24-21-23-16-10-6-8-12-18(16)31-21/h5-12,15H,4,13H2,1-3H3,(H,23,24,28). The Morgan fingerprint density at radius 2 is 1.97 bits per heavy atom. The van der Waals surface area contributed by atoms with Crippen molar-refractivity contribution < 1.29 is 9.53 Å². The number of anilines is 1. The number of nitrogens with zero attached hydrogens (tertiary/aromatic N) is 4. The number of carbonyl (C=O) groups excluding carboxylic acids is 1. The van der Waals surface area contributed by atoms with E-state index in [2.05, 4.69) is 20.5 Å². The van der Waals surface area contributed by atoms with Gasteiger partial charge < -0.3 is 14.6 Å². The fourth-order valence-electron chi connectivity index (χ4n) is 3.15. The Labute approximate surface area is 188 Å². The van der Waals surface area contributed by atoms with Crippen LogP contribution in [0.4, 0.5) is 5.13 Å². The van der Waals surface area contributed by atoms with Crippen LogP contribution in [0, 0.1) is 6.92 Å². The third kappa shape index (κ3) is 4.88. The van der Waals surface area contributed by atoms with Crippen LogP contribution in [0.25, 0.3) is 10.2 Å². The predicted molar refractivity (Wildman–Crippen MR) is 125 cm³/mol. The van der Waals surface area contributed by atoms with Gasteiger partial charge in [-0.15, -0.1) is 10.2 Å². The molecule has 4 aromatic rings. The second-order valence-corrected chi connectivity index (χ2v) is 8.91. The lowest BCUT2D eigenvalue weighted by molar-refractivity contribution is -0.113. The average Bonchev–Trinajstić information content (AvgIpc) is 3.36. The van der Waals surface area contributed by atoms with Crippen LogP contribution >= 0.6 is 23.1 Å².